The van der Waals surface area contributed by atoms with E-state index in [1.165, 1.54) is 12.8 Å². The monoisotopic (exact) mass is 108 g/mol. The van der Waals surface area contributed by atoms with Crippen LogP contribution >= 0.6 is 0 Å². The highest BCUT2D eigenvalue weighted by molar-refractivity contribution is 5.07. The summed E-state index contributed by atoms with van der Waals surface area (Å²) in [5.41, 5.74) is 3.56. The molecule has 0 fully saturated rings. The summed E-state index contributed by atoms with van der Waals surface area (Å²) in [6.07, 6.45) is 6.70. The number of hydrogen-bond acceptors (Lipinski definition) is 0. The van der Waals surface area contributed by atoms with Crippen LogP contribution in [0.25, 0.3) is 0 Å². The Kier molecular flexibility index (Phi) is 1.27. The second-order valence-corrected chi connectivity index (χ2v) is 2.73. The molecule has 8 heavy (non-hydrogen) atoms. The molecule has 0 heterocycles. The van der Waals surface area contributed by atoms with Gasteiger partial charge in [0.25, 0.3) is 0 Å². The zero-order valence-electron chi connectivity index (χ0n) is 5.57. The summed E-state index contributed by atoms with van der Waals surface area (Å²) in [5, 5.41) is 0. The molecule has 0 heteroatoms. The van der Waals surface area contributed by atoms with Gasteiger partial charge in [0, 0.05) is 0 Å². The molecule has 0 radical (unpaired) electrons. The van der Waals surface area contributed by atoms with Crippen molar-refractivity contribution in [3.8, 4) is 0 Å². The summed E-state index contributed by atoms with van der Waals surface area (Å²) < 4.78 is 0. The lowest BCUT2D eigenvalue weighted by Crippen LogP contribution is -2.06. The Balaban J connectivity index is 2.61. The molecule has 0 saturated heterocycles. The Morgan fingerprint density at radius 1 is 1.75 bits per heavy atom. The van der Waals surface area contributed by atoms with E-state index in [2.05, 4.69) is 31.7 Å². The minimum atomic E-state index is 0.444. The first-order valence-corrected chi connectivity index (χ1v) is 3.19. The van der Waals surface area contributed by atoms with Crippen LogP contribution in [0.3, 0.4) is 0 Å². The first-order chi connectivity index (χ1) is 3.77. The Morgan fingerprint density at radius 3 is 2.75 bits per heavy atom. The summed E-state index contributed by atoms with van der Waals surface area (Å²) in [6, 6.07) is 0. The predicted octanol–water partition coefficient (Wildman–Crippen LogP) is 2.52. The van der Waals surface area contributed by atoms with Gasteiger partial charge in [-0.2, -0.15) is 0 Å². The van der Waals surface area contributed by atoms with Gasteiger partial charge in [-0.1, -0.05) is 13.8 Å². The van der Waals surface area contributed by atoms with Gasteiger partial charge < -0.3 is 0 Å². The summed E-state index contributed by atoms with van der Waals surface area (Å²) >= 11 is 0. The molecule has 1 rings (SSSR count). The van der Waals surface area contributed by atoms with Crippen molar-refractivity contribution in [3.63, 3.8) is 0 Å². The van der Waals surface area contributed by atoms with Crippen LogP contribution in [0, 0.1) is 5.41 Å². The second-order valence-electron chi connectivity index (χ2n) is 2.73. The topological polar surface area (TPSA) is 0 Å². The molecule has 0 saturated carbocycles. The molecule has 0 amide bonds. The van der Waals surface area contributed by atoms with Crippen LogP contribution in [0.15, 0.2) is 17.9 Å². The molecule has 44 valence electrons. The molecule has 1 aliphatic carbocycles. The molecule has 0 spiro atoms. The van der Waals surface area contributed by atoms with E-state index in [-0.39, 0.29) is 0 Å². The number of hydrogen-bond donors (Lipinski definition) is 0. The third-order valence-corrected chi connectivity index (χ3v) is 1.93. The molecule has 0 N–H and O–H groups in total. The van der Waals surface area contributed by atoms with Gasteiger partial charge in [-0.3, -0.25) is 0 Å². The molecule has 1 unspecified atom stereocenters. The maximum Gasteiger partial charge on any atom is -0.00330 e. The zero-order valence-corrected chi connectivity index (χ0v) is 5.57. The van der Waals surface area contributed by atoms with Crippen LogP contribution in [0.2, 0.25) is 0 Å². The summed E-state index contributed by atoms with van der Waals surface area (Å²) in [7, 11) is 0. The van der Waals surface area contributed by atoms with Gasteiger partial charge in [0.2, 0.25) is 0 Å². The smallest absolute Gasteiger partial charge is 0.00330 e. The average Bonchev–Trinajstić information content (AvgIpc) is 2.17. The van der Waals surface area contributed by atoms with Crippen LogP contribution in [0.1, 0.15) is 26.7 Å². The van der Waals surface area contributed by atoms with Crippen molar-refractivity contribution in [1.82, 2.24) is 0 Å². The minimum Gasteiger partial charge on any atom is -0.129 e. The van der Waals surface area contributed by atoms with Crippen LogP contribution in [0.5, 0.6) is 0 Å². The third kappa shape index (κ3) is 0.850. The fourth-order valence-electron chi connectivity index (χ4n) is 0.858. The van der Waals surface area contributed by atoms with Gasteiger partial charge in [-0.05, 0) is 30.4 Å². The molecular formula is C8H12. The van der Waals surface area contributed by atoms with E-state index in [1.54, 1.807) is 0 Å². The van der Waals surface area contributed by atoms with Gasteiger partial charge in [0.1, 0.15) is 0 Å². The van der Waals surface area contributed by atoms with E-state index in [0.29, 0.717) is 5.41 Å². The van der Waals surface area contributed by atoms with E-state index in [4.69, 9.17) is 0 Å². The fraction of sp³-hybridized carbons (Fsp3) is 0.625. The highest BCUT2D eigenvalue weighted by Gasteiger charge is 2.18. The van der Waals surface area contributed by atoms with Crippen LogP contribution in [-0.4, -0.2) is 0 Å². The standard InChI is InChI=1S/C8H12/c1-3-8(2)6-4-5-7-8/h4,7H,3,6H2,1-2H3. The van der Waals surface area contributed by atoms with E-state index >= 15 is 0 Å². The van der Waals surface area contributed by atoms with Crippen molar-refractivity contribution < 1.29 is 0 Å². The summed E-state index contributed by atoms with van der Waals surface area (Å²) in [5.74, 6) is 0. The quantitative estimate of drug-likeness (QED) is 0.453. The predicted molar refractivity (Wildman–Crippen MR) is 35.7 cm³/mol. The van der Waals surface area contributed by atoms with Crippen molar-refractivity contribution in [2.24, 2.45) is 5.41 Å². The first-order valence-electron chi connectivity index (χ1n) is 3.19. The third-order valence-electron chi connectivity index (χ3n) is 1.93. The van der Waals surface area contributed by atoms with E-state index in [0.717, 1.165) is 0 Å². The van der Waals surface area contributed by atoms with E-state index < -0.39 is 0 Å². The van der Waals surface area contributed by atoms with Gasteiger partial charge >= 0.3 is 0 Å². The number of rotatable bonds is 1. The number of allylic oxidation sites excluding steroid dienone is 1. The lowest BCUT2D eigenvalue weighted by Gasteiger charge is -2.16. The average molecular weight is 108 g/mol. The molecule has 0 bridgehead atoms. The van der Waals surface area contributed by atoms with Crippen LogP contribution < -0.4 is 0 Å². The Bertz CT molecular complexity index is 138. The molecule has 0 aromatic heterocycles. The minimum absolute atomic E-state index is 0.444. The molecule has 0 aliphatic heterocycles. The molecule has 1 atom stereocenters. The van der Waals surface area contributed by atoms with E-state index in [1.807, 2.05) is 0 Å². The normalized spacial score (nSPS) is 34.2. The molecule has 1 aliphatic rings. The zero-order chi connectivity index (χ0) is 6.04. The van der Waals surface area contributed by atoms with Crippen molar-refractivity contribution in [2.45, 2.75) is 26.7 Å². The lowest BCUT2D eigenvalue weighted by molar-refractivity contribution is 0.428. The second kappa shape index (κ2) is 1.80. The molecule has 0 nitrogen and oxygen atoms in total. The van der Waals surface area contributed by atoms with Crippen molar-refractivity contribution in [2.75, 3.05) is 0 Å². The van der Waals surface area contributed by atoms with Crippen LogP contribution in [-0.2, 0) is 0 Å². The van der Waals surface area contributed by atoms with Gasteiger partial charge in [-0.25, -0.2) is 0 Å². The Morgan fingerprint density at radius 2 is 2.50 bits per heavy atom. The maximum absolute atomic E-state index is 3.11. The lowest BCUT2D eigenvalue weighted by atomic mass is 9.87. The van der Waals surface area contributed by atoms with Crippen molar-refractivity contribution in [3.05, 3.63) is 17.9 Å². The van der Waals surface area contributed by atoms with Crippen molar-refractivity contribution >= 4 is 0 Å². The molecule has 0 aromatic rings. The first kappa shape index (κ1) is 5.65. The Labute approximate surface area is 50.9 Å². The van der Waals surface area contributed by atoms with Gasteiger partial charge in [0.05, 0.1) is 0 Å². The summed E-state index contributed by atoms with van der Waals surface area (Å²) in [6.45, 7) is 4.49. The van der Waals surface area contributed by atoms with E-state index in [9.17, 15) is 0 Å². The van der Waals surface area contributed by atoms with Crippen LogP contribution in [0.4, 0.5) is 0 Å². The summed E-state index contributed by atoms with van der Waals surface area (Å²) in [4.78, 5) is 0. The molecular weight excluding hydrogens is 96.1 g/mol. The van der Waals surface area contributed by atoms with Gasteiger partial charge in [0.15, 0.2) is 0 Å². The highest BCUT2D eigenvalue weighted by atomic mass is 14.2. The largest absolute Gasteiger partial charge is 0.129 e. The SMILES string of the molecule is CCC1(C)C=C=CC1. The maximum atomic E-state index is 3.11. The van der Waals surface area contributed by atoms with Crippen molar-refractivity contribution in [1.29, 1.82) is 0 Å². The van der Waals surface area contributed by atoms with Gasteiger partial charge in [-0.15, -0.1) is 5.73 Å². The fourth-order valence-corrected chi connectivity index (χ4v) is 0.858. The molecule has 0 aromatic carbocycles. The highest BCUT2D eigenvalue weighted by Crippen LogP contribution is 2.30. The Hall–Kier alpha value is -0.480.